The van der Waals surface area contributed by atoms with Crippen LogP contribution in [0.3, 0.4) is 0 Å². The van der Waals surface area contributed by atoms with Crippen LogP contribution in [0.2, 0.25) is 0 Å². The van der Waals surface area contributed by atoms with E-state index in [2.05, 4.69) is 10.9 Å². The van der Waals surface area contributed by atoms with Crippen molar-refractivity contribution in [3.05, 3.63) is 65.9 Å². The first kappa shape index (κ1) is 17.4. The average molecular weight is 359 g/mol. The van der Waals surface area contributed by atoms with E-state index in [1.165, 1.54) is 0 Å². The van der Waals surface area contributed by atoms with Crippen molar-refractivity contribution >= 4 is 22.7 Å². The van der Waals surface area contributed by atoms with Gasteiger partial charge in [0, 0.05) is 30.2 Å². The van der Waals surface area contributed by atoms with E-state index in [-0.39, 0.29) is 5.75 Å². The van der Waals surface area contributed by atoms with E-state index in [4.69, 9.17) is 4.74 Å². The minimum atomic E-state index is -0.919. The first-order valence-corrected chi connectivity index (χ1v) is 7.67. The molecule has 0 aliphatic heterocycles. The van der Waals surface area contributed by atoms with Gasteiger partial charge >= 0.3 is 0 Å². The first-order valence-electron chi connectivity index (χ1n) is 7.67. The van der Waals surface area contributed by atoms with Crippen LogP contribution in [-0.2, 0) is 11.8 Å². The fraction of sp³-hybridized carbons (Fsp3) is 0.111. The molecule has 8 heteroatoms. The zero-order valence-electron chi connectivity index (χ0n) is 13.8. The van der Waals surface area contributed by atoms with Gasteiger partial charge in [0.15, 0.2) is 18.2 Å². The molecular formula is C18H15F2N3O3. The smallest absolute Gasteiger partial charge is 0.276 e. The second-order valence-corrected chi connectivity index (χ2v) is 5.54. The molecule has 1 heterocycles. The lowest BCUT2D eigenvalue weighted by molar-refractivity contribution is -0.123. The van der Waals surface area contributed by atoms with Crippen molar-refractivity contribution < 1.29 is 23.1 Å². The zero-order chi connectivity index (χ0) is 18.7. The van der Waals surface area contributed by atoms with Gasteiger partial charge in [-0.15, -0.1) is 0 Å². The highest BCUT2D eigenvalue weighted by Gasteiger charge is 2.14. The summed E-state index contributed by atoms with van der Waals surface area (Å²) in [7, 11) is 1.81. The van der Waals surface area contributed by atoms with Crippen molar-refractivity contribution in [1.29, 1.82) is 0 Å². The van der Waals surface area contributed by atoms with Crippen LogP contribution >= 0.6 is 0 Å². The van der Waals surface area contributed by atoms with E-state index >= 15 is 0 Å². The van der Waals surface area contributed by atoms with E-state index in [9.17, 15) is 18.4 Å². The molecule has 1 aromatic heterocycles. The Morgan fingerprint density at radius 2 is 1.88 bits per heavy atom. The normalized spacial score (nSPS) is 10.6. The number of fused-ring (bicyclic) bond motifs is 1. The molecule has 2 aromatic carbocycles. The number of hydrazine groups is 1. The van der Waals surface area contributed by atoms with Gasteiger partial charge in [-0.1, -0.05) is 18.2 Å². The topological polar surface area (TPSA) is 72.4 Å². The second-order valence-electron chi connectivity index (χ2n) is 5.54. The Balaban J connectivity index is 1.58. The summed E-state index contributed by atoms with van der Waals surface area (Å²) in [4.78, 5) is 24.0. The number of aromatic nitrogens is 1. The lowest BCUT2D eigenvalue weighted by Gasteiger charge is -2.09. The lowest BCUT2D eigenvalue weighted by atomic mass is 10.2. The number of nitrogens with zero attached hydrogens (tertiary/aromatic N) is 1. The molecular weight excluding hydrogens is 344 g/mol. The molecule has 0 fully saturated rings. The summed E-state index contributed by atoms with van der Waals surface area (Å²) in [5, 5.41) is 0.742. The van der Waals surface area contributed by atoms with Gasteiger partial charge in [0.05, 0.1) is 5.56 Å². The van der Waals surface area contributed by atoms with Crippen LogP contribution in [0.1, 0.15) is 10.4 Å². The summed E-state index contributed by atoms with van der Waals surface area (Å²) < 4.78 is 33.0. The highest BCUT2D eigenvalue weighted by atomic mass is 19.1. The molecule has 2 amide bonds. The van der Waals surface area contributed by atoms with Crippen LogP contribution in [0, 0.1) is 11.6 Å². The minimum absolute atomic E-state index is 0.262. The fourth-order valence-corrected chi connectivity index (χ4v) is 2.49. The molecule has 0 aliphatic carbocycles. The number of aryl methyl sites for hydroxylation is 1. The quantitative estimate of drug-likeness (QED) is 0.702. The molecule has 0 saturated heterocycles. The fourth-order valence-electron chi connectivity index (χ4n) is 2.49. The monoisotopic (exact) mass is 359 g/mol. The van der Waals surface area contributed by atoms with Crippen molar-refractivity contribution in [2.75, 3.05) is 6.61 Å². The van der Waals surface area contributed by atoms with Gasteiger partial charge in [-0.05, 0) is 18.2 Å². The molecule has 0 spiro atoms. The summed E-state index contributed by atoms with van der Waals surface area (Å²) in [6.07, 6.45) is 1.65. The molecule has 0 unspecified atom stereocenters. The van der Waals surface area contributed by atoms with E-state index in [1.807, 2.05) is 25.2 Å². The first-order chi connectivity index (χ1) is 12.5. The molecule has 26 heavy (non-hydrogen) atoms. The summed E-state index contributed by atoms with van der Waals surface area (Å²) in [6.45, 7) is -0.543. The predicted molar refractivity (Wildman–Crippen MR) is 90.4 cm³/mol. The lowest BCUT2D eigenvalue weighted by Crippen LogP contribution is -2.43. The summed E-state index contributed by atoms with van der Waals surface area (Å²) in [6, 6.07) is 10.1. The number of amides is 2. The number of ether oxygens (including phenoxy) is 1. The molecule has 0 bridgehead atoms. The maximum absolute atomic E-state index is 13.4. The van der Waals surface area contributed by atoms with Crippen LogP contribution < -0.4 is 15.6 Å². The van der Waals surface area contributed by atoms with Gasteiger partial charge in [0.25, 0.3) is 11.8 Å². The minimum Gasteiger partial charge on any atom is -0.481 e. The summed E-state index contributed by atoms with van der Waals surface area (Å²) in [5.74, 6) is -3.12. The Hall–Kier alpha value is -3.42. The van der Waals surface area contributed by atoms with Gasteiger partial charge in [0.1, 0.15) is 5.82 Å². The van der Waals surface area contributed by atoms with Crippen LogP contribution in [0.4, 0.5) is 8.78 Å². The molecule has 0 saturated carbocycles. The van der Waals surface area contributed by atoms with Gasteiger partial charge in [0.2, 0.25) is 0 Å². The van der Waals surface area contributed by atoms with Crippen molar-refractivity contribution in [2.24, 2.45) is 7.05 Å². The molecule has 0 aliphatic rings. The second kappa shape index (κ2) is 7.22. The van der Waals surface area contributed by atoms with E-state index in [1.54, 1.807) is 16.8 Å². The Morgan fingerprint density at radius 3 is 2.65 bits per heavy atom. The molecule has 0 radical (unpaired) electrons. The summed E-state index contributed by atoms with van der Waals surface area (Å²) in [5.41, 5.74) is 5.74. The number of hydrogen-bond acceptors (Lipinski definition) is 3. The SMILES string of the molecule is Cn1cc(C(=O)NNC(=O)COc2ccc(F)cc2F)c2ccccc21. The average Bonchev–Trinajstić information content (AvgIpc) is 2.96. The Labute approximate surface area is 147 Å². The van der Waals surface area contributed by atoms with Gasteiger partial charge in [-0.3, -0.25) is 20.4 Å². The number of carbonyl (C=O) groups is 2. The van der Waals surface area contributed by atoms with E-state index in [0.717, 1.165) is 23.0 Å². The van der Waals surface area contributed by atoms with Gasteiger partial charge in [-0.2, -0.15) is 0 Å². The van der Waals surface area contributed by atoms with Crippen molar-refractivity contribution in [3.8, 4) is 5.75 Å². The van der Waals surface area contributed by atoms with Gasteiger partial charge < -0.3 is 9.30 Å². The van der Waals surface area contributed by atoms with Crippen molar-refractivity contribution in [1.82, 2.24) is 15.4 Å². The van der Waals surface area contributed by atoms with Crippen LogP contribution in [-0.4, -0.2) is 23.0 Å². The van der Waals surface area contributed by atoms with E-state index < -0.39 is 30.1 Å². The Kier molecular flexibility index (Phi) is 4.83. The zero-order valence-corrected chi connectivity index (χ0v) is 13.8. The van der Waals surface area contributed by atoms with Crippen molar-refractivity contribution in [2.45, 2.75) is 0 Å². The number of para-hydroxylation sites is 1. The van der Waals surface area contributed by atoms with Crippen LogP contribution in [0.25, 0.3) is 10.9 Å². The highest BCUT2D eigenvalue weighted by Crippen LogP contribution is 2.20. The molecule has 0 atom stereocenters. The number of nitrogens with one attached hydrogen (secondary N) is 2. The van der Waals surface area contributed by atoms with Crippen LogP contribution in [0.5, 0.6) is 5.75 Å². The third-order valence-corrected chi connectivity index (χ3v) is 3.71. The number of benzene rings is 2. The molecule has 2 N–H and O–H groups in total. The van der Waals surface area contributed by atoms with Gasteiger partial charge in [-0.25, -0.2) is 8.78 Å². The molecule has 3 rings (SSSR count). The summed E-state index contributed by atoms with van der Waals surface area (Å²) >= 11 is 0. The third kappa shape index (κ3) is 3.64. The molecule has 134 valence electrons. The number of hydrogen-bond donors (Lipinski definition) is 2. The maximum atomic E-state index is 13.4. The van der Waals surface area contributed by atoms with Crippen LogP contribution in [0.15, 0.2) is 48.7 Å². The standard InChI is InChI=1S/C18H15F2N3O3/c1-23-9-13(12-4-2-3-5-15(12)23)18(25)22-21-17(24)10-26-16-7-6-11(19)8-14(16)20/h2-9H,10H2,1H3,(H,21,24)(H,22,25). The number of carbonyl (C=O) groups excluding carboxylic acids is 2. The van der Waals surface area contributed by atoms with E-state index in [0.29, 0.717) is 11.6 Å². The number of halogens is 2. The Morgan fingerprint density at radius 1 is 1.12 bits per heavy atom. The largest absolute Gasteiger partial charge is 0.481 e. The third-order valence-electron chi connectivity index (χ3n) is 3.71. The molecule has 6 nitrogen and oxygen atoms in total. The van der Waals surface area contributed by atoms with Crippen molar-refractivity contribution in [3.63, 3.8) is 0 Å². The predicted octanol–water partition coefficient (Wildman–Crippen LogP) is 2.30. The molecule has 3 aromatic rings. The highest BCUT2D eigenvalue weighted by molar-refractivity contribution is 6.07. The Bertz CT molecular complexity index is 985. The maximum Gasteiger partial charge on any atom is 0.276 e. The number of rotatable bonds is 4.